The summed E-state index contributed by atoms with van der Waals surface area (Å²) >= 11 is 0. The Balaban J connectivity index is 2.80. The molecule has 0 N–H and O–H groups in total. The van der Waals surface area contributed by atoms with Crippen LogP contribution >= 0.6 is 0 Å². The lowest BCUT2D eigenvalue weighted by Gasteiger charge is -2.08. The molecule has 2 nitrogen and oxygen atoms in total. The molecular weight excluding hydrogens is 235 g/mol. The maximum absolute atomic E-state index is 11.9. The number of benzene rings is 1. The summed E-state index contributed by atoms with van der Waals surface area (Å²) in [5.41, 5.74) is -0.371. The van der Waals surface area contributed by atoms with Crippen LogP contribution in [0.25, 0.3) is 0 Å². The zero-order valence-electron chi connectivity index (χ0n) is 7.59. The Morgan fingerprint density at radius 2 is 1.62 bits per heavy atom. The third-order valence-electron chi connectivity index (χ3n) is 1.57. The van der Waals surface area contributed by atoms with Gasteiger partial charge in [-0.2, -0.15) is 0 Å². The topological polar surface area (TPSA) is 26.3 Å². The van der Waals surface area contributed by atoms with Crippen molar-refractivity contribution in [3.63, 3.8) is 0 Å². The van der Waals surface area contributed by atoms with Gasteiger partial charge in [0.05, 0.1) is 0 Å². The molecule has 0 aromatic heterocycles. The van der Waals surface area contributed by atoms with Gasteiger partial charge < -0.3 is 4.74 Å². The Kier molecular flexibility index (Phi) is 3.46. The Labute approximate surface area is 86.6 Å². The lowest BCUT2D eigenvalue weighted by Crippen LogP contribution is -2.17. The van der Waals surface area contributed by atoms with Crippen LogP contribution in [0.2, 0.25) is 0 Å². The minimum atomic E-state index is -4.85. The zero-order chi connectivity index (χ0) is 12.3. The summed E-state index contributed by atoms with van der Waals surface area (Å²) in [6.07, 6.45) is -8.04. The number of ketones is 1. The third kappa shape index (κ3) is 3.48. The average molecular weight is 240 g/mol. The van der Waals surface area contributed by atoms with Crippen LogP contribution in [0, 0.1) is 0 Å². The van der Waals surface area contributed by atoms with E-state index in [-0.39, 0.29) is 5.56 Å². The monoisotopic (exact) mass is 240 g/mol. The van der Waals surface area contributed by atoms with Crippen LogP contribution in [0.4, 0.5) is 22.0 Å². The van der Waals surface area contributed by atoms with E-state index < -0.39 is 24.3 Å². The maximum Gasteiger partial charge on any atom is 0.573 e. The number of carbonyl (C=O) groups excluding carboxylic acids is 1. The van der Waals surface area contributed by atoms with E-state index in [0.717, 1.165) is 24.3 Å². The molecule has 16 heavy (non-hydrogen) atoms. The zero-order valence-corrected chi connectivity index (χ0v) is 7.59. The smallest absolute Gasteiger partial charge is 0.406 e. The summed E-state index contributed by atoms with van der Waals surface area (Å²) in [6, 6.07) is 3.28. The fraction of sp³-hybridized carbons (Fsp3) is 0.222. The Bertz CT molecular complexity index is 368. The van der Waals surface area contributed by atoms with Crippen LogP contribution < -0.4 is 4.74 Å². The minimum absolute atomic E-state index is 0.371. The fourth-order valence-corrected chi connectivity index (χ4v) is 0.947. The van der Waals surface area contributed by atoms with Crippen LogP contribution in [-0.4, -0.2) is 18.6 Å². The first-order valence-electron chi connectivity index (χ1n) is 3.98. The van der Waals surface area contributed by atoms with Crippen LogP contribution in [0.1, 0.15) is 10.4 Å². The molecule has 0 bridgehead atoms. The summed E-state index contributed by atoms with van der Waals surface area (Å²) in [5.74, 6) is -2.02. The van der Waals surface area contributed by atoms with Crippen molar-refractivity contribution in [3.05, 3.63) is 29.8 Å². The van der Waals surface area contributed by atoms with Crippen LogP contribution in [0.15, 0.2) is 24.3 Å². The van der Waals surface area contributed by atoms with Gasteiger partial charge in [0.25, 0.3) is 0 Å². The quantitative estimate of drug-likeness (QED) is 0.599. The Morgan fingerprint density at radius 1 is 1.12 bits per heavy atom. The van der Waals surface area contributed by atoms with E-state index in [1.807, 2.05) is 0 Å². The van der Waals surface area contributed by atoms with E-state index in [1.165, 1.54) is 0 Å². The molecule has 1 rings (SSSR count). The molecule has 0 saturated heterocycles. The maximum atomic E-state index is 11.9. The number of hydrogen-bond donors (Lipinski definition) is 0. The van der Waals surface area contributed by atoms with Gasteiger partial charge in [0, 0.05) is 5.56 Å². The van der Waals surface area contributed by atoms with Crippen LogP contribution in [0.3, 0.4) is 0 Å². The first-order chi connectivity index (χ1) is 7.29. The number of Topliss-reactive ketones (excluding diaryl/α,β-unsaturated/α-hetero) is 1. The van der Waals surface area contributed by atoms with Gasteiger partial charge in [0.1, 0.15) is 5.75 Å². The van der Waals surface area contributed by atoms with E-state index in [0.29, 0.717) is 0 Å². The number of hydrogen-bond acceptors (Lipinski definition) is 2. The molecule has 0 saturated carbocycles. The van der Waals surface area contributed by atoms with Gasteiger partial charge in [-0.25, -0.2) is 8.78 Å². The van der Waals surface area contributed by atoms with E-state index in [2.05, 4.69) is 4.74 Å². The molecule has 0 fully saturated rings. The molecular formula is C9H5F5O2. The van der Waals surface area contributed by atoms with Gasteiger partial charge in [-0.1, -0.05) is 0 Å². The summed E-state index contributed by atoms with van der Waals surface area (Å²) in [4.78, 5) is 10.7. The van der Waals surface area contributed by atoms with Gasteiger partial charge in [-0.15, -0.1) is 13.2 Å². The van der Waals surface area contributed by atoms with Gasteiger partial charge in [-0.05, 0) is 24.3 Å². The van der Waals surface area contributed by atoms with Crippen molar-refractivity contribution in [1.29, 1.82) is 0 Å². The second-order valence-corrected chi connectivity index (χ2v) is 2.74. The van der Waals surface area contributed by atoms with E-state index in [1.54, 1.807) is 0 Å². The molecule has 0 atom stereocenters. The van der Waals surface area contributed by atoms with Crippen molar-refractivity contribution in [3.8, 4) is 5.75 Å². The fourth-order valence-electron chi connectivity index (χ4n) is 0.947. The van der Waals surface area contributed by atoms with E-state index in [4.69, 9.17) is 0 Å². The standard InChI is InChI=1S/C9H5F5O2/c10-8(11)7(15)5-1-3-6(4-2-5)16-9(12,13)14/h1-4,8H. The molecule has 0 amide bonds. The first-order valence-corrected chi connectivity index (χ1v) is 3.98. The summed E-state index contributed by atoms with van der Waals surface area (Å²) in [6.45, 7) is 0. The van der Waals surface area contributed by atoms with Gasteiger partial charge in [-0.3, -0.25) is 4.79 Å². The predicted molar refractivity (Wildman–Crippen MR) is 43.5 cm³/mol. The molecule has 88 valence electrons. The lowest BCUT2D eigenvalue weighted by atomic mass is 10.1. The Hall–Kier alpha value is -1.66. The van der Waals surface area contributed by atoms with Crippen LogP contribution in [-0.2, 0) is 0 Å². The average Bonchev–Trinajstić information content (AvgIpc) is 2.15. The molecule has 0 aliphatic heterocycles. The molecule has 1 aromatic carbocycles. The molecule has 1 aromatic rings. The van der Waals surface area contributed by atoms with Gasteiger partial charge >= 0.3 is 12.8 Å². The molecule has 0 aliphatic carbocycles. The molecule has 0 radical (unpaired) electrons. The highest BCUT2D eigenvalue weighted by Crippen LogP contribution is 2.23. The number of carbonyl (C=O) groups is 1. The van der Waals surface area contributed by atoms with Crippen molar-refractivity contribution >= 4 is 5.78 Å². The van der Waals surface area contributed by atoms with Crippen molar-refractivity contribution in [1.82, 2.24) is 0 Å². The van der Waals surface area contributed by atoms with Gasteiger partial charge in [0.2, 0.25) is 5.78 Å². The normalized spacial score (nSPS) is 11.6. The van der Waals surface area contributed by atoms with Gasteiger partial charge in [0.15, 0.2) is 0 Å². The number of halogens is 5. The number of ether oxygens (including phenoxy) is 1. The largest absolute Gasteiger partial charge is 0.573 e. The summed E-state index contributed by atoms with van der Waals surface area (Å²) in [7, 11) is 0. The highest BCUT2D eigenvalue weighted by molar-refractivity contribution is 5.98. The molecule has 0 heterocycles. The van der Waals surface area contributed by atoms with Crippen molar-refractivity contribution < 1.29 is 31.5 Å². The summed E-state index contributed by atoms with van der Waals surface area (Å²) < 4.78 is 62.5. The lowest BCUT2D eigenvalue weighted by molar-refractivity contribution is -0.274. The van der Waals surface area contributed by atoms with E-state index >= 15 is 0 Å². The SMILES string of the molecule is O=C(c1ccc(OC(F)(F)F)cc1)C(F)F. The Morgan fingerprint density at radius 3 is 2.00 bits per heavy atom. The minimum Gasteiger partial charge on any atom is -0.406 e. The predicted octanol–water partition coefficient (Wildman–Crippen LogP) is 3.03. The number of rotatable bonds is 3. The molecule has 0 spiro atoms. The molecule has 0 aliphatic rings. The second-order valence-electron chi connectivity index (χ2n) is 2.74. The highest BCUT2D eigenvalue weighted by atomic mass is 19.4. The van der Waals surface area contributed by atoms with Crippen molar-refractivity contribution in [2.75, 3.05) is 0 Å². The van der Waals surface area contributed by atoms with Crippen molar-refractivity contribution in [2.45, 2.75) is 12.8 Å². The molecule has 0 unspecified atom stereocenters. The molecule has 7 heteroatoms. The third-order valence-corrected chi connectivity index (χ3v) is 1.57. The summed E-state index contributed by atoms with van der Waals surface area (Å²) in [5, 5.41) is 0. The van der Waals surface area contributed by atoms with E-state index in [9.17, 15) is 26.7 Å². The number of alkyl halides is 5. The highest BCUT2D eigenvalue weighted by Gasteiger charge is 2.31. The first kappa shape index (κ1) is 12.4. The second kappa shape index (κ2) is 4.46. The van der Waals surface area contributed by atoms with Crippen LogP contribution in [0.5, 0.6) is 5.75 Å². The van der Waals surface area contributed by atoms with Crippen molar-refractivity contribution in [2.24, 2.45) is 0 Å².